The smallest absolute Gasteiger partial charge is 0.122 e. The number of hydrogen-bond acceptors (Lipinski definition) is 4. The monoisotopic (exact) mass is 254 g/mol. The van der Waals surface area contributed by atoms with Crippen molar-refractivity contribution < 1.29 is 4.42 Å². The van der Waals surface area contributed by atoms with Crippen LogP contribution in [-0.2, 0) is 0 Å². The van der Waals surface area contributed by atoms with Gasteiger partial charge in [-0.1, -0.05) is 6.92 Å². The lowest BCUT2D eigenvalue weighted by Crippen LogP contribution is -2.43. The van der Waals surface area contributed by atoms with E-state index in [9.17, 15) is 0 Å². The van der Waals surface area contributed by atoms with Gasteiger partial charge in [0.25, 0.3) is 0 Å². The minimum atomic E-state index is 0.136. The van der Waals surface area contributed by atoms with Crippen LogP contribution in [0.4, 0.5) is 0 Å². The quantitative estimate of drug-likeness (QED) is 0.876. The number of nitrogens with zero attached hydrogens (tertiary/aromatic N) is 1. The summed E-state index contributed by atoms with van der Waals surface area (Å²) in [5, 5.41) is 0. The van der Waals surface area contributed by atoms with E-state index in [2.05, 4.69) is 18.9 Å². The van der Waals surface area contributed by atoms with Gasteiger partial charge in [-0.3, -0.25) is 4.90 Å². The average molecular weight is 254 g/mol. The number of nitrogens with two attached hydrogens (primary N) is 1. The molecule has 1 saturated heterocycles. The molecule has 0 spiro atoms. The van der Waals surface area contributed by atoms with Gasteiger partial charge in [0.15, 0.2) is 0 Å². The van der Waals surface area contributed by atoms with Crippen LogP contribution in [0.1, 0.15) is 31.6 Å². The summed E-state index contributed by atoms with van der Waals surface area (Å²) >= 11 is 2.03. The van der Waals surface area contributed by atoms with Crippen LogP contribution in [0.2, 0.25) is 0 Å². The molecular weight excluding hydrogens is 232 g/mol. The highest BCUT2D eigenvalue weighted by atomic mass is 32.2. The number of furan rings is 1. The van der Waals surface area contributed by atoms with Gasteiger partial charge >= 0.3 is 0 Å². The zero-order chi connectivity index (χ0) is 12.3. The van der Waals surface area contributed by atoms with E-state index in [1.165, 1.54) is 17.9 Å². The molecule has 0 aromatic carbocycles. The molecule has 3 atom stereocenters. The van der Waals surface area contributed by atoms with Gasteiger partial charge in [0.05, 0.1) is 12.3 Å². The molecule has 3 unspecified atom stereocenters. The van der Waals surface area contributed by atoms with Crippen molar-refractivity contribution in [3.8, 4) is 0 Å². The third-order valence-electron chi connectivity index (χ3n) is 3.63. The van der Waals surface area contributed by atoms with Crippen molar-refractivity contribution in [2.45, 2.75) is 37.9 Å². The summed E-state index contributed by atoms with van der Waals surface area (Å²) in [7, 11) is 2.18. The topological polar surface area (TPSA) is 42.4 Å². The van der Waals surface area contributed by atoms with Crippen LogP contribution < -0.4 is 5.73 Å². The zero-order valence-corrected chi connectivity index (χ0v) is 11.5. The summed E-state index contributed by atoms with van der Waals surface area (Å²) in [6, 6.07) is 4.96. The highest BCUT2D eigenvalue weighted by Crippen LogP contribution is 2.31. The summed E-state index contributed by atoms with van der Waals surface area (Å²) in [5.41, 5.74) is 6.27. The first-order chi connectivity index (χ1) is 8.24. The SMILES string of the molecule is CCC(N)C(c1ccco1)N(C)C1CCSC1. The van der Waals surface area contributed by atoms with Crippen molar-refractivity contribution in [2.75, 3.05) is 18.6 Å². The lowest BCUT2D eigenvalue weighted by Gasteiger charge is -2.34. The molecule has 2 N–H and O–H groups in total. The third kappa shape index (κ3) is 2.87. The summed E-state index contributed by atoms with van der Waals surface area (Å²) in [6.07, 6.45) is 3.96. The normalized spacial score (nSPS) is 24.1. The molecule has 1 aromatic heterocycles. The molecule has 0 bridgehead atoms. The van der Waals surface area contributed by atoms with Gasteiger partial charge in [-0.05, 0) is 37.8 Å². The maximum atomic E-state index is 6.27. The van der Waals surface area contributed by atoms with E-state index in [1.54, 1.807) is 6.26 Å². The van der Waals surface area contributed by atoms with Crippen LogP contribution in [0.5, 0.6) is 0 Å². The van der Waals surface area contributed by atoms with Crippen molar-refractivity contribution in [3.05, 3.63) is 24.2 Å². The summed E-state index contributed by atoms with van der Waals surface area (Å²) in [6.45, 7) is 2.14. The Bertz CT molecular complexity index is 322. The second-order valence-electron chi connectivity index (χ2n) is 4.72. The molecule has 0 radical (unpaired) electrons. The van der Waals surface area contributed by atoms with Gasteiger partial charge in [0, 0.05) is 17.8 Å². The van der Waals surface area contributed by atoms with E-state index in [-0.39, 0.29) is 12.1 Å². The molecule has 0 aliphatic carbocycles. The van der Waals surface area contributed by atoms with Crippen molar-refractivity contribution in [3.63, 3.8) is 0 Å². The van der Waals surface area contributed by atoms with E-state index < -0.39 is 0 Å². The Balaban J connectivity index is 2.14. The minimum Gasteiger partial charge on any atom is -0.468 e. The highest BCUT2D eigenvalue weighted by molar-refractivity contribution is 7.99. The van der Waals surface area contributed by atoms with E-state index >= 15 is 0 Å². The fraction of sp³-hybridized carbons (Fsp3) is 0.692. The van der Waals surface area contributed by atoms with Crippen LogP contribution in [0.25, 0.3) is 0 Å². The van der Waals surface area contributed by atoms with Crippen molar-refractivity contribution in [2.24, 2.45) is 5.73 Å². The second kappa shape index (κ2) is 5.94. The van der Waals surface area contributed by atoms with E-state index in [0.29, 0.717) is 6.04 Å². The van der Waals surface area contributed by atoms with Crippen LogP contribution in [0.15, 0.2) is 22.8 Å². The van der Waals surface area contributed by atoms with Gasteiger partial charge in [0.2, 0.25) is 0 Å². The number of thioether (sulfide) groups is 1. The molecule has 1 fully saturated rings. The molecule has 3 nitrogen and oxygen atoms in total. The largest absolute Gasteiger partial charge is 0.468 e. The lowest BCUT2D eigenvalue weighted by molar-refractivity contribution is 0.141. The van der Waals surface area contributed by atoms with Gasteiger partial charge in [-0.25, -0.2) is 0 Å². The standard InChI is InChI=1S/C13H22N2OS/c1-3-11(14)13(12-5-4-7-16-12)15(2)10-6-8-17-9-10/h4-5,7,10-11,13H,3,6,8-9,14H2,1-2H3. The first-order valence-electron chi connectivity index (χ1n) is 6.32. The van der Waals surface area contributed by atoms with Gasteiger partial charge in [0.1, 0.15) is 5.76 Å². The Morgan fingerprint density at radius 2 is 2.47 bits per heavy atom. The van der Waals surface area contributed by atoms with Crippen molar-refractivity contribution in [1.82, 2.24) is 4.90 Å². The van der Waals surface area contributed by atoms with Crippen molar-refractivity contribution in [1.29, 1.82) is 0 Å². The Morgan fingerprint density at radius 3 is 3.00 bits per heavy atom. The van der Waals surface area contributed by atoms with Crippen LogP contribution in [-0.4, -0.2) is 35.5 Å². The molecular formula is C13H22N2OS. The maximum Gasteiger partial charge on any atom is 0.122 e. The lowest BCUT2D eigenvalue weighted by atomic mass is 10.0. The first kappa shape index (κ1) is 13.0. The van der Waals surface area contributed by atoms with E-state index in [1.807, 2.05) is 23.9 Å². The van der Waals surface area contributed by atoms with Crippen LogP contribution >= 0.6 is 11.8 Å². The Kier molecular flexibility index (Phi) is 4.54. The number of hydrogen-bond donors (Lipinski definition) is 1. The molecule has 2 heterocycles. The van der Waals surface area contributed by atoms with Crippen LogP contribution in [0, 0.1) is 0 Å². The first-order valence-corrected chi connectivity index (χ1v) is 7.48. The maximum absolute atomic E-state index is 6.27. The second-order valence-corrected chi connectivity index (χ2v) is 5.87. The molecule has 1 aromatic rings. The Labute approximate surface area is 108 Å². The molecule has 4 heteroatoms. The Hall–Kier alpha value is -0.450. The minimum absolute atomic E-state index is 0.136. The number of rotatable bonds is 5. The predicted octanol–water partition coefficient (Wildman–Crippen LogP) is 2.50. The summed E-state index contributed by atoms with van der Waals surface area (Å²) in [5.74, 6) is 3.48. The predicted molar refractivity (Wildman–Crippen MR) is 73.2 cm³/mol. The zero-order valence-electron chi connectivity index (χ0n) is 10.6. The molecule has 96 valence electrons. The van der Waals surface area contributed by atoms with Gasteiger partial charge in [-0.2, -0.15) is 11.8 Å². The average Bonchev–Trinajstić information content (AvgIpc) is 3.01. The molecule has 0 amide bonds. The third-order valence-corrected chi connectivity index (χ3v) is 4.78. The summed E-state index contributed by atoms with van der Waals surface area (Å²) in [4.78, 5) is 2.41. The molecule has 17 heavy (non-hydrogen) atoms. The summed E-state index contributed by atoms with van der Waals surface area (Å²) < 4.78 is 5.57. The molecule has 0 saturated carbocycles. The fourth-order valence-corrected chi connectivity index (χ4v) is 3.75. The number of likely N-dealkylation sites (N-methyl/N-ethyl adjacent to an activating group) is 1. The van der Waals surface area contributed by atoms with Crippen molar-refractivity contribution >= 4 is 11.8 Å². The molecule has 1 aliphatic heterocycles. The highest BCUT2D eigenvalue weighted by Gasteiger charge is 2.31. The molecule has 2 rings (SSSR count). The Morgan fingerprint density at radius 1 is 1.65 bits per heavy atom. The molecule has 1 aliphatic rings. The van der Waals surface area contributed by atoms with E-state index in [4.69, 9.17) is 10.2 Å². The van der Waals surface area contributed by atoms with E-state index in [0.717, 1.165) is 12.2 Å². The van der Waals surface area contributed by atoms with Gasteiger partial charge in [-0.15, -0.1) is 0 Å². The van der Waals surface area contributed by atoms with Gasteiger partial charge < -0.3 is 10.2 Å². The fourth-order valence-electron chi connectivity index (χ4n) is 2.47. The van der Waals surface area contributed by atoms with Crippen LogP contribution in [0.3, 0.4) is 0 Å².